The maximum absolute atomic E-state index is 2.69. The summed E-state index contributed by atoms with van der Waals surface area (Å²) in [4.78, 5) is 5.35. The summed E-state index contributed by atoms with van der Waals surface area (Å²) in [6, 6.07) is 95.6. The summed E-state index contributed by atoms with van der Waals surface area (Å²) in [6.45, 7) is 20.9. The fraction of sp³-hybridized carbons (Fsp3) is 0.143. The van der Waals surface area contributed by atoms with Crippen molar-refractivity contribution in [1.29, 1.82) is 0 Å². The molecule has 2 aliphatic heterocycles. The van der Waals surface area contributed by atoms with E-state index in [9.17, 15) is 0 Å². The topological polar surface area (TPSA) is 11.4 Å². The van der Waals surface area contributed by atoms with Crippen molar-refractivity contribution in [1.82, 2.24) is 4.57 Å². The zero-order valence-corrected chi connectivity index (χ0v) is 52.8. The number of aromatic nitrogens is 1. The Bertz CT molecular complexity index is 5320. The Hall–Kier alpha value is -9.68. The van der Waals surface area contributed by atoms with E-state index >= 15 is 0 Å². The standard InChI is InChI=1S/C84H68BN3S/c1-82(2,3)56-35-39-59(40-36-56)87-74-49-60(86-70-28-17-15-26-64(70)65-27-16-18-29-71(65)86)50-75-79(74)85(81-80(87)68-48-58(84(7,8)9)38-45-76(68)89-81)69-46-55(62-25-14-13-24-61(62)51-20-11-10-12-21-51)34-43-73(69)88(75)72-44-37-57(83(4,5)6)47-67(72)63-41-32-54-31-30-52-22-19-23-53-33-42-66(63)78(54)77(52)53/h10-50H,1-9H3. The van der Waals surface area contributed by atoms with Crippen LogP contribution in [0, 0.1) is 0 Å². The summed E-state index contributed by atoms with van der Waals surface area (Å²) in [5, 5.41) is 11.5. The lowest BCUT2D eigenvalue weighted by molar-refractivity contribution is 0.590. The van der Waals surface area contributed by atoms with Crippen LogP contribution >= 0.6 is 11.3 Å². The third-order valence-electron chi connectivity index (χ3n) is 19.6. The maximum atomic E-state index is 2.69. The van der Waals surface area contributed by atoms with E-state index in [0.717, 1.165) is 17.1 Å². The third-order valence-corrected chi connectivity index (χ3v) is 20.8. The van der Waals surface area contributed by atoms with Crippen LogP contribution < -0.4 is 25.5 Å². The van der Waals surface area contributed by atoms with Crippen LogP contribution in [0.3, 0.4) is 0 Å². The van der Waals surface area contributed by atoms with Crippen LogP contribution in [0.4, 0.5) is 34.1 Å². The first-order valence-corrected chi connectivity index (χ1v) is 32.4. The minimum Gasteiger partial charge on any atom is -0.311 e. The molecule has 4 heterocycles. The minimum atomic E-state index is -0.135. The number of fused-ring (bicyclic) bond motifs is 9. The molecule has 5 heteroatoms. The second-order valence-corrected chi connectivity index (χ2v) is 29.2. The monoisotopic (exact) mass is 1160 g/mol. The molecular formula is C84H68BN3S. The van der Waals surface area contributed by atoms with E-state index in [2.05, 4.69) is 325 Å². The molecule has 0 saturated carbocycles. The highest BCUT2D eigenvalue weighted by molar-refractivity contribution is 7.33. The molecule has 2 aromatic heterocycles. The van der Waals surface area contributed by atoms with Gasteiger partial charge in [-0.2, -0.15) is 0 Å². The minimum absolute atomic E-state index is 0.0288. The summed E-state index contributed by atoms with van der Waals surface area (Å²) in [7, 11) is 0. The normalized spacial score (nSPS) is 13.4. The quantitative estimate of drug-likeness (QED) is 0.121. The molecule has 0 atom stereocenters. The Labute approximate surface area is 526 Å². The van der Waals surface area contributed by atoms with E-state index < -0.39 is 0 Å². The van der Waals surface area contributed by atoms with Gasteiger partial charge in [-0.1, -0.05) is 244 Å². The number of hydrogen-bond donors (Lipinski definition) is 0. The van der Waals surface area contributed by atoms with E-state index in [-0.39, 0.29) is 23.0 Å². The van der Waals surface area contributed by atoms with Gasteiger partial charge in [-0.05, 0) is 171 Å². The molecule has 0 radical (unpaired) electrons. The highest BCUT2D eigenvalue weighted by Gasteiger charge is 2.47. The van der Waals surface area contributed by atoms with Crippen molar-refractivity contribution in [2.24, 2.45) is 0 Å². The van der Waals surface area contributed by atoms with Crippen LogP contribution in [-0.4, -0.2) is 11.3 Å². The van der Waals surface area contributed by atoms with E-state index in [1.54, 1.807) is 0 Å². The zero-order chi connectivity index (χ0) is 60.4. The first-order valence-electron chi connectivity index (χ1n) is 31.6. The molecule has 428 valence electrons. The van der Waals surface area contributed by atoms with Gasteiger partial charge in [-0.3, -0.25) is 0 Å². The number of hydrogen-bond acceptors (Lipinski definition) is 3. The van der Waals surface area contributed by atoms with Gasteiger partial charge < -0.3 is 14.4 Å². The van der Waals surface area contributed by atoms with Gasteiger partial charge in [-0.25, -0.2) is 0 Å². The number of para-hydroxylation sites is 2. The zero-order valence-electron chi connectivity index (χ0n) is 52.0. The highest BCUT2D eigenvalue weighted by Crippen LogP contribution is 2.53. The number of anilines is 6. The molecule has 89 heavy (non-hydrogen) atoms. The van der Waals surface area contributed by atoms with Gasteiger partial charge in [-0.15, -0.1) is 11.3 Å². The van der Waals surface area contributed by atoms with Crippen LogP contribution in [0.1, 0.15) is 79.0 Å². The fourth-order valence-electron chi connectivity index (χ4n) is 15.1. The molecule has 3 nitrogen and oxygen atoms in total. The second kappa shape index (κ2) is 19.4. The number of nitrogens with zero attached hydrogens (tertiary/aromatic N) is 3. The van der Waals surface area contributed by atoms with Crippen molar-refractivity contribution in [2.45, 2.75) is 78.6 Å². The van der Waals surface area contributed by atoms with Gasteiger partial charge in [0, 0.05) is 53.9 Å². The Morgan fingerprint density at radius 2 is 0.899 bits per heavy atom. The van der Waals surface area contributed by atoms with E-state index in [4.69, 9.17) is 0 Å². The fourth-order valence-corrected chi connectivity index (χ4v) is 16.4. The van der Waals surface area contributed by atoms with Gasteiger partial charge >= 0.3 is 0 Å². The number of thiophene rings is 1. The van der Waals surface area contributed by atoms with E-state index in [1.165, 1.54) is 153 Å². The van der Waals surface area contributed by atoms with Crippen molar-refractivity contribution < 1.29 is 0 Å². The first-order chi connectivity index (χ1) is 43.0. The molecule has 0 saturated heterocycles. The van der Waals surface area contributed by atoms with Gasteiger partial charge in [0.05, 0.1) is 28.1 Å². The molecular weight excluding hydrogens is 1090 g/mol. The van der Waals surface area contributed by atoms with Gasteiger partial charge in [0.1, 0.15) is 0 Å². The highest BCUT2D eigenvalue weighted by atomic mass is 32.1. The molecule has 0 N–H and O–H groups in total. The lowest BCUT2D eigenvalue weighted by Crippen LogP contribution is -2.60. The van der Waals surface area contributed by atoms with E-state index in [0.29, 0.717) is 0 Å². The smallest absolute Gasteiger partial charge is 0.264 e. The molecule has 0 bridgehead atoms. The molecule has 0 fully saturated rings. The Morgan fingerprint density at radius 3 is 1.58 bits per heavy atom. The molecule has 2 aliphatic rings. The first kappa shape index (κ1) is 53.6. The predicted octanol–water partition coefficient (Wildman–Crippen LogP) is 21.9. The molecule has 17 rings (SSSR count). The summed E-state index contributed by atoms with van der Waals surface area (Å²) in [5.41, 5.74) is 24.1. The predicted molar refractivity (Wildman–Crippen MR) is 386 cm³/mol. The van der Waals surface area contributed by atoms with Crippen molar-refractivity contribution in [3.8, 4) is 39.1 Å². The second-order valence-electron chi connectivity index (χ2n) is 28.1. The number of rotatable bonds is 6. The Balaban J connectivity index is 1.04. The molecule has 0 aliphatic carbocycles. The number of benzene rings is 13. The Kier molecular flexibility index (Phi) is 11.7. The van der Waals surface area contributed by atoms with Gasteiger partial charge in [0.2, 0.25) is 0 Å². The summed E-state index contributed by atoms with van der Waals surface area (Å²) >= 11 is 1.98. The van der Waals surface area contributed by atoms with Crippen molar-refractivity contribution in [3.05, 3.63) is 265 Å². The van der Waals surface area contributed by atoms with Crippen LogP contribution in [0.15, 0.2) is 249 Å². The molecule has 15 aromatic rings. The lowest BCUT2D eigenvalue weighted by Gasteiger charge is -2.44. The van der Waals surface area contributed by atoms with Gasteiger partial charge in [0.25, 0.3) is 6.71 Å². The van der Waals surface area contributed by atoms with Crippen molar-refractivity contribution in [2.75, 3.05) is 9.80 Å². The van der Waals surface area contributed by atoms with Crippen LogP contribution in [0.25, 0.3) is 103 Å². The largest absolute Gasteiger partial charge is 0.311 e. The maximum Gasteiger partial charge on any atom is 0.264 e. The average Bonchev–Trinajstić information content (AvgIpc) is 1.70. The Morgan fingerprint density at radius 1 is 0.337 bits per heavy atom. The summed E-state index contributed by atoms with van der Waals surface area (Å²) in [6.07, 6.45) is 0. The molecule has 0 unspecified atom stereocenters. The van der Waals surface area contributed by atoms with E-state index in [1.807, 2.05) is 11.3 Å². The summed E-state index contributed by atoms with van der Waals surface area (Å²) in [5.74, 6) is 0. The van der Waals surface area contributed by atoms with Gasteiger partial charge in [0.15, 0.2) is 0 Å². The SMILES string of the molecule is CC(C)(C)c1ccc(N2c3cc(-n4c5ccccc5c5ccccc54)cc4c3B(c3cc(-c5ccccc5-c5ccccc5)ccc3N4c3ccc(C(C)(C)C)cc3-c3ccc4ccc5cccc6ccc3c4c56)c3sc4ccc(C(C)(C)C)cc4c32)cc1. The summed E-state index contributed by atoms with van der Waals surface area (Å²) < 4.78 is 5.19. The molecule has 13 aromatic carbocycles. The van der Waals surface area contributed by atoms with Crippen molar-refractivity contribution >= 4 is 132 Å². The van der Waals surface area contributed by atoms with Crippen molar-refractivity contribution in [3.63, 3.8) is 0 Å². The van der Waals surface area contributed by atoms with Crippen LogP contribution in [0.5, 0.6) is 0 Å². The molecule has 0 spiro atoms. The van der Waals surface area contributed by atoms with Crippen LogP contribution in [0.2, 0.25) is 0 Å². The third kappa shape index (κ3) is 8.24. The lowest BCUT2D eigenvalue weighted by atomic mass is 9.36. The van der Waals surface area contributed by atoms with Crippen LogP contribution in [-0.2, 0) is 16.2 Å². The molecule has 0 amide bonds. The average molecular weight is 1160 g/mol.